The summed E-state index contributed by atoms with van der Waals surface area (Å²) in [6, 6.07) is 5.65. The lowest BCUT2D eigenvalue weighted by molar-refractivity contribution is 0.511. The minimum atomic E-state index is -0.891. The van der Waals surface area contributed by atoms with Crippen molar-refractivity contribution in [3.8, 4) is 11.3 Å². The predicted octanol–water partition coefficient (Wildman–Crippen LogP) is 3.59. The largest absolute Gasteiger partial charge is 0.373 e. The molecule has 0 aliphatic carbocycles. The highest BCUT2D eigenvalue weighted by Gasteiger charge is 2.14. The molecular formula is C14H15F2N3. The van der Waals surface area contributed by atoms with E-state index in [0.717, 1.165) is 6.07 Å². The lowest BCUT2D eigenvalue weighted by Gasteiger charge is -2.10. The van der Waals surface area contributed by atoms with Gasteiger partial charge in [0.25, 0.3) is 0 Å². The lowest BCUT2D eigenvalue weighted by atomic mass is 10.1. The molecule has 0 atom stereocenters. The average molecular weight is 263 g/mol. The molecule has 0 aliphatic heterocycles. The van der Waals surface area contributed by atoms with E-state index in [4.69, 9.17) is 0 Å². The molecular weight excluding hydrogens is 248 g/mol. The van der Waals surface area contributed by atoms with Gasteiger partial charge in [-0.15, -0.1) is 0 Å². The van der Waals surface area contributed by atoms with Crippen LogP contribution in [0.25, 0.3) is 11.3 Å². The molecule has 0 unspecified atom stereocenters. The maximum atomic E-state index is 13.8. The van der Waals surface area contributed by atoms with Crippen LogP contribution in [0.4, 0.5) is 14.6 Å². The monoisotopic (exact) mass is 263 g/mol. The molecule has 0 amide bonds. The summed E-state index contributed by atoms with van der Waals surface area (Å²) in [5.41, 5.74) is 0.515. The van der Waals surface area contributed by atoms with Gasteiger partial charge in [-0.3, -0.25) is 0 Å². The van der Waals surface area contributed by atoms with Crippen molar-refractivity contribution >= 4 is 5.82 Å². The van der Waals surface area contributed by atoms with Gasteiger partial charge in [0.2, 0.25) is 0 Å². The molecule has 100 valence electrons. The Hall–Kier alpha value is -2.04. The molecule has 2 aromatic rings. The Morgan fingerprint density at radius 1 is 1.16 bits per heavy atom. The highest BCUT2D eigenvalue weighted by molar-refractivity contribution is 5.63. The minimum absolute atomic E-state index is 0.101. The lowest BCUT2D eigenvalue weighted by Crippen LogP contribution is -2.04. The van der Waals surface area contributed by atoms with Gasteiger partial charge in [0, 0.05) is 24.6 Å². The highest BCUT2D eigenvalue weighted by atomic mass is 19.2. The van der Waals surface area contributed by atoms with Crippen molar-refractivity contribution < 1.29 is 8.78 Å². The van der Waals surface area contributed by atoms with E-state index in [1.807, 2.05) is 13.8 Å². The first-order chi connectivity index (χ1) is 9.02. The number of nitrogens with one attached hydrogen (secondary N) is 1. The fourth-order valence-corrected chi connectivity index (χ4v) is 1.69. The Morgan fingerprint density at radius 3 is 2.53 bits per heavy atom. The predicted molar refractivity (Wildman–Crippen MR) is 71.0 cm³/mol. The first kappa shape index (κ1) is 13.4. The van der Waals surface area contributed by atoms with Gasteiger partial charge in [-0.1, -0.05) is 19.9 Å². The molecule has 2 rings (SSSR count). The summed E-state index contributed by atoms with van der Waals surface area (Å²) in [6.07, 6.45) is 0. The first-order valence-electron chi connectivity index (χ1n) is 6.04. The van der Waals surface area contributed by atoms with Crippen molar-refractivity contribution in [1.82, 2.24) is 9.97 Å². The standard InChI is InChI=1S/C14H15F2N3/c1-8(2)14-18-11(7-12(17-3)19-14)9-5-4-6-10(15)13(9)16/h4-8H,1-3H3,(H,17,18,19). The van der Waals surface area contributed by atoms with Crippen molar-refractivity contribution in [3.63, 3.8) is 0 Å². The van der Waals surface area contributed by atoms with E-state index in [1.165, 1.54) is 12.1 Å². The van der Waals surface area contributed by atoms with Crippen LogP contribution in [0.2, 0.25) is 0 Å². The van der Waals surface area contributed by atoms with Gasteiger partial charge in [0.15, 0.2) is 11.6 Å². The third kappa shape index (κ3) is 2.70. The Kier molecular flexibility index (Phi) is 3.74. The summed E-state index contributed by atoms with van der Waals surface area (Å²) in [5.74, 6) is -0.502. The molecule has 19 heavy (non-hydrogen) atoms. The number of hydrogen-bond acceptors (Lipinski definition) is 3. The number of halogens is 2. The molecule has 5 heteroatoms. The van der Waals surface area contributed by atoms with Crippen molar-refractivity contribution in [2.45, 2.75) is 19.8 Å². The Balaban J connectivity index is 2.61. The maximum Gasteiger partial charge on any atom is 0.168 e. The summed E-state index contributed by atoms with van der Waals surface area (Å²) in [6.45, 7) is 3.89. The maximum absolute atomic E-state index is 13.8. The van der Waals surface area contributed by atoms with Crippen molar-refractivity contribution in [2.75, 3.05) is 12.4 Å². The molecule has 1 N–H and O–H groups in total. The Labute approximate surface area is 110 Å². The highest BCUT2D eigenvalue weighted by Crippen LogP contribution is 2.25. The molecule has 0 spiro atoms. The molecule has 0 aliphatic rings. The van der Waals surface area contributed by atoms with Crippen LogP contribution in [-0.4, -0.2) is 17.0 Å². The van der Waals surface area contributed by atoms with Crippen LogP contribution >= 0.6 is 0 Å². The summed E-state index contributed by atoms with van der Waals surface area (Å²) < 4.78 is 27.1. The minimum Gasteiger partial charge on any atom is -0.373 e. The van der Waals surface area contributed by atoms with E-state index in [1.54, 1.807) is 13.1 Å². The van der Waals surface area contributed by atoms with Gasteiger partial charge >= 0.3 is 0 Å². The number of hydrogen-bond donors (Lipinski definition) is 1. The van der Waals surface area contributed by atoms with Crippen LogP contribution in [0.15, 0.2) is 24.3 Å². The van der Waals surface area contributed by atoms with Crippen LogP contribution in [0, 0.1) is 11.6 Å². The molecule has 0 bridgehead atoms. The van der Waals surface area contributed by atoms with Gasteiger partial charge in [0.05, 0.1) is 5.69 Å². The number of rotatable bonds is 3. The molecule has 0 saturated carbocycles. The normalized spacial score (nSPS) is 10.8. The van der Waals surface area contributed by atoms with Gasteiger partial charge < -0.3 is 5.32 Å². The topological polar surface area (TPSA) is 37.8 Å². The molecule has 1 heterocycles. The fourth-order valence-electron chi connectivity index (χ4n) is 1.69. The van der Waals surface area contributed by atoms with E-state index in [-0.39, 0.29) is 11.5 Å². The number of benzene rings is 1. The second-order valence-electron chi connectivity index (χ2n) is 4.50. The quantitative estimate of drug-likeness (QED) is 0.919. The van der Waals surface area contributed by atoms with E-state index in [0.29, 0.717) is 17.3 Å². The van der Waals surface area contributed by atoms with Crippen LogP contribution in [0.5, 0.6) is 0 Å². The Bertz CT molecular complexity index is 597. The summed E-state index contributed by atoms with van der Waals surface area (Å²) in [5, 5.41) is 2.90. The van der Waals surface area contributed by atoms with Gasteiger partial charge in [-0.05, 0) is 12.1 Å². The average Bonchev–Trinajstić information content (AvgIpc) is 2.41. The molecule has 0 saturated heterocycles. The van der Waals surface area contributed by atoms with Gasteiger partial charge in [0.1, 0.15) is 11.6 Å². The zero-order chi connectivity index (χ0) is 14.0. The van der Waals surface area contributed by atoms with E-state index in [9.17, 15) is 8.78 Å². The SMILES string of the molecule is CNc1cc(-c2cccc(F)c2F)nc(C(C)C)n1. The van der Waals surface area contributed by atoms with Crippen LogP contribution < -0.4 is 5.32 Å². The third-order valence-corrected chi connectivity index (χ3v) is 2.74. The molecule has 3 nitrogen and oxygen atoms in total. The molecule has 1 aromatic carbocycles. The molecule has 1 aromatic heterocycles. The van der Waals surface area contributed by atoms with E-state index in [2.05, 4.69) is 15.3 Å². The van der Waals surface area contributed by atoms with Crippen molar-refractivity contribution in [2.24, 2.45) is 0 Å². The zero-order valence-electron chi connectivity index (χ0n) is 11.0. The summed E-state index contributed by atoms with van der Waals surface area (Å²) >= 11 is 0. The first-order valence-corrected chi connectivity index (χ1v) is 6.04. The number of aromatic nitrogens is 2. The number of nitrogens with zero attached hydrogens (tertiary/aromatic N) is 2. The van der Waals surface area contributed by atoms with Crippen molar-refractivity contribution in [1.29, 1.82) is 0 Å². The smallest absolute Gasteiger partial charge is 0.168 e. The second-order valence-corrected chi connectivity index (χ2v) is 4.50. The molecule has 0 fully saturated rings. The van der Waals surface area contributed by atoms with E-state index < -0.39 is 11.6 Å². The fraction of sp³-hybridized carbons (Fsp3) is 0.286. The van der Waals surface area contributed by atoms with E-state index >= 15 is 0 Å². The van der Waals surface area contributed by atoms with Gasteiger partial charge in [-0.25, -0.2) is 18.7 Å². The zero-order valence-corrected chi connectivity index (χ0v) is 11.0. The summed E-state index contributed by atoms with van der Waals surface area (Å²) in [4.78, 5) is 8.59. The summed E-state index contributed by atoms with van der Waals surface area (Å²) in [7, 11) is 1.72. The van der Waals surface area contributed by atoms with Crippen LogP contribution in [0.1, 0.15) is 25.6 Å². The van der Waals surface area contributed by atoms with Crippen LogP contribution in [-0.2, 0) is 0 Å². The van der Waals surface area contributed by atoms with Crippen molar-refractivity contribution in [3.05, 3.63) is 41.7 Å². The third-order valence-electron chi connectivity index (χ3n) is 2.74. The number of anilines is 1. The van der Waals surface area contributed by atoms with Crippen LogP contribution in [0.3, 0.4) is 0 Å². The second kappa shape index (κ2) is 5.30. The van der Waals surface area contributed by atoms with Gasteiger partial charge in [-0.2, -0.15) is 0 Å². The molecule has 0 radical (unpaired) electrons. The Morgan fingerprint density at radius 2 is 1.89 bits per heavy atom.